The van der Waals surface area contributed by atoms with Crippen LogP contribution in [0.5, 0.6) is 0 Å². The van der Waals surface area contributed by atoms with Crippen LogP contribution < -0.4 is 5.56 Å². The van der Waals surface area contributed by atoms with E-state index in [1.54, 1.807) is 29.3 Å². The van der Waals surface area contributed by atoms with E-state index in [4.69, 9.17) is 0 Å². The van der Waals surface area contributed by atoms with Crippen molar-refractivity contribution in [3.05, 3.63) is 47.1 Å². The third-order valence-corrected chi connectivity index (χ3v) is 2.71. The Morgan fingerprint density at radius 1 is 1.24 bits per heavy atom. The first kappa shape index (κ1) is 9.77. The van der Waals surface area contributed by atoms with Crippen LogP contribution in [0.4, 0.5) is 0 Å². The van der Waals surface area contributed by atoms with Gasteiger partial charge in [-0.1, -0.05) is 0 Å². The van der Waals surface area contributed by atoms with Gasteiger partial charge in [0.2, 0.25) is 5.56 Å². The number of H-pyrrole nitrogens is 1. The average molecular weight is 226 g/mol. The molecule has 0 radical (unpaired) electrons. The van der Waals surface area contributed by atoms with Crippen molar-refractivity contribution in [3.8, 4) is 11.1 Å². The van der Waals surface area contributed by atoms with E-state index in [0.29, 0.717) is 0 Å². The topological polar surface area (TPSA) is 63.6 Å². The molecule has 0 aliphatic rings. The normalized spacial score (nSPS) is 10.9. The zero-order valence-electron chi connectivity index (χ0n) is 9.21. The van der Waals surface area contributed by atoms with E-state index >= 15 is 0 Å². The molecule has 0 atom stereocenters. The lowest BCUT2D eigenvalue weighted by Crippen LogP contribution is -2.02. The highest BCUT2D eigenvalue weighted by Gasteiger charge is 2.04. The molecule has 17 heavy (non-hydrogen) atoms. The van der Waals surface area contributed by atoms with Crippen molar-refractivity contribution in [1.82, 2.24) is 19.7 Å². The van der Waals surface area contributed by atoms with Crippen molar-refractivity contribution in [3.63, 3.8) is 0 Å². The zero-order chi connectivity index (χ0) is 11.8. The first-order valence-corrected chi connectivity index (χ1v) is 5.21. The van der Waals surface area contributed by atoms with Gasteiger partial charge in [-0.3, -0.25) is 14.5 Å². The van der Waals surface area contributed by atoms with Crippen LogP contribution in [0.25, 0.3) is 22.2 Å². The zero-order valence-corrected chi connectivity index (χ0v) is 9.21. The third-order valence-electron chi connectivity index (χ3n) is 2.71. The Hall–Kier alpha value is -2.43. The number of aromatic nitrogens is 4. The minimum atomic E-state index is -0.118. The number of pyridine rings is 2. The summed E-state index contributed by atoms with van der Waals surface area (Å²) < 4.78 is 1.76. The number of nitrogens with zero attached hydrogens (tertiary/aromatic N) is 3. The molecule has 0 aliphatic carbocycles. The highest BCUT2D eigenvalue weighted by molar-refractivity contribution is 5.80. The van der Waals surface area contributed by atoms with E-state index in [0.717, 1.165) is 22.2 Å². The second-order valence-corrected chi connectivity index (χ2v) is 3.84. The number of nitrogens with one attached hydrogen (secondary N) is 1. The van der Waals surface area contributed by atoms with Gasteiger partial charge in [0.05, 0.1) is 11.7 Å². The van der Waals surface area contributed by atoms with Crippen LogP contribution in [0.15, 0.2) is 41.6 Å². The standard InChI is InChI=1S/C12H10N4O/c1-16-11-4-9(6-14-10(11)7-15-16)8-2-3-13-12(17)5-8/h2-7H,1H3,(H,13,17). The second-order valence-electron chi connectivity index (χ2n) is 3.84. The Morgan fingerprint density at radius 2 is 2.12 bits per heavy atom. The number of rotatable bonds is 1. The van der Waals surface area contributed by atoms with Gasteiger partial charge in [-0.2, -0.15) is 5.10 Å². The fraction of sp³-hybridized carbons (Fsp3) is 0.0833. The number of aromatic amines is 1. The molecule has 0 unspecified atom stereocenters. The van der Waals surface area contributed by atoms with E-state index in [1.165, 1.54) is 0 Å². The van der Waals surface area contributed by atoms with E-state index < -0.39 is 0 Å². The molecule has 3 heterocycles. The summed E-state index contributed by atoms with van der Waals surface area (Å²) in [6.45, 7) is 0. The number of fused-ring (bicyclic) bond motifs is 1. The molecule has 5 nitrogen and oxygen atoms in total. The predicted molar refractivity (Wildman–Crippen MR) is 64.6 cm³/mol. The van der Waals surface area contributed by atoms with Crippen molar-refractivity contribution in [2.75, 3.05) is 0 Å². The highest BCUT2D eigenvalue weighted by atomic mass is 16.1. The quantitative estimate of drug-likeness (QED) is 0.680. The number of hydrogen-bond acceptors (Lipinski definition) is 3. The summed E-state index contributed by atoms with van der Waals surface area (Å²) in [7, 11) is 1.87. The molecule has 0 fully saturated rings. The molecule has 0 aliphatic heterocycles. The van der Waals surface area contributed by atoms with Crippen LogP contribution in [-0.4, -0.2) is 19.7 Å². The lowest BCUT2D eigenvalue weighted by atomic mass is 10.1. The molecule has 0 saturated carbocycles. The molecule has 0 bridgehead atoms. The molecule has 3 aromatic rings. The minimum Gasteiger partial charge on any atom is -0.329 e. The van der Waals surface area contributed by atoms with Crippen LogP contribution in [0.2, 0.25) is 0 Å². The number of aryl methyl sites for hydroxylation is 1. The molecule has 84 valence electrons. The van der Waals surface area contributed by atoms with Crippen LogP contribution in [0, 0.1) is 0 Å². The highest BCUT2D eigenvalue weighted by Crippen LogP contribution is 2.20. The lowest BCUT2D eigenvalue weighted by molar-refractivity contribution is 0.797. The van der Waals surface area contributed by atoms with Crippen molar-refractivity contribution >= 4 is 11.0 Å². The summed E-state index contributed by atoms with van der Waals surface area (Å²) >= 11 is 0. The first-order valence-electron chi connectivity index (χ1n) is 5.21. The first-order chi connectivity index (χ1) is 8.24. The molecular formula is C12H10N4O. The van der Waals surface area contributed by atoms with Crippen molar-refractivity contribution in [1.29, 1.82) is 0 Å². The molecule has 0 amide bonds. The van der Waals surface area contributed by atoms with Crippen LogP contribution in [0.1, 0.15) is 0 Å². The summed E-state index contributed by atoms with van der Waals surface area (Å²) in [5, 5.41) is 4.13. The monoisotopic (exact) mass is 226 g/mol. The van der Waals surface area contributed by atoms with Gasteiger partial charge in [-0.15, -0.1) is 0 Å². The van der Waals surface area contributed by atoms with E-state index in [1.807, 2.05) is 19.2 Å². The maximum absolute atomic E-state index is 11.3. The van der Waals surface area contributed by atoms with E-state index in [2.05, 4.69) is 15.1 Å². The minimum absolute atomic E-state index is 0.118. The van der Waals surface area contributed by atoms with Gasteiger partial charge in [-0.05, 0) is 17.7 Å². The Bertz CT molecular complexity index is 741. The largest absolute Gasteiger partial charge is 0.329 e. The maximum Gasteiger partial charge on any atom is 0.248 e. The Labute approximate surface area is 96.7 Å². The molecule has 1 N–H and O–H groups in total. The fourth-order valence-electron chi connectivity index (χ4n) is 1.81. The smallest absolute Gasteiger partial charge is 0.248 e. The Balaban J connectivity index is 2.24. The van der Waals surface area contributed by atoms with Crippen LogP contribution >= 0.6 is 0 Å². The number of hydrogen-bond donors (Lipinski definition) is 1. The molecule has 0 aromatic carbocycles. The van der Waals surface area contributed by atoms with Gasteiger partial charge in [0.15, 0.2) is 0 Å². The maximum atomic E-state index is 11.3. The summed E-state index contributed by atoms with van der Waals surface area (Å²) in [5.41, 5.74) is 3.44. The average Bonchev–Trinajstić information content (AvgIpc) is 2.71. The van der Waals surface area contributed by atoms with Crippen LogP contribution in [0.3, 0.4) is 0 Å². The van der Waals surface area contributed by atoms with E-state index in [9.17, 15) is 4.79 Å². The molecule has 0 saturated heterocycles. The fourth-order valence-corrected chi connectivity index (χ4v) is 1.81. The van der Waals surface area contributed by atoms with Crippen LogP contribution in [-0.2, 0) is 7.05 Å². The van der Waals surface area contributed by atoms with Gasteiger partial charge < -0.3 is 4.98 Å². The van der Waals surface area contributed by atoms with Gasteiger partial charge >= 0.3 is 0 Å². The second kappa shape index (κ2) is 3.55. The Kier molecular flexibility index (Phi) is 2.04. The molecule has 5 heteroatoms. The summed E-state index contributed by atoms with van der Waals surface area (Å²) in [6, 6.07) is 5.38. The summed E-state index contributed by atoms with van der Waals surface area (Å²) in [6.07, 6.45) is 5.10. The lowest BCUT2D eigenvalue weighted by Gasteiger charge is -2.01. The van der Waals surface area contributed by atoms with Gasteiger partial charge in [-0.25, -0.2) is 0 Å². The molecule has 0 spiro atoms. The van der Waals surface area contributed by atoms with Gasteiger partial charge in [0.1, 0.15) is 5.52 Å². The predicted octanol–water partition coefficient (Wildman–Crippen LogP) is 1.32. The van der Waals surface area contributed by atoms with Gasteiger partial charge in [0, 0.05) is 31.1 Å². The van der Waals surface area contributed by atoms with Crippen molar-refractivity contribution in [2.45, 2.75) is 0 Å². The summed E-state index contributed by atoms with van der Waals surface area (Å²) in [5.74, 6) is 0. The molecule has 3 rings (SSSR count). The Morgan fingerprint density at radius 3 is 2.94 bits per heavy atom. The van der Waals surface area contributed by atoms with Gasteiger partial charge in [0.25, 0.3) is 0 Å². The SMILES string of the molecule is Cn1ncc2ncc(-c3cc[nH]c(=O)c3)cc21. The van der Waals surface area contributed by atoms with E-state index in [-0.39, 0.29) is 5.56 Å². The van der Waals surface area contributed by atoms with Crippen molar-refractivity contribution in [2.24, 2.45) is 7.05 Å². The summed E-state index contributed by atoms with van der Waals surface area (Å²) in [4.78, 5) is 18.2. The molecule has 3 aromatic heterocycles. The van der Waals surface area contributed by atoms with Crippen molar-refractivity contribution < 1.29 is 0 Å². The third kappa shape index (κ3) is 1.61. The molecular weight excluding hydrogens is 216 g/mol.